The first-order valence-electron chi connectivity index (χ1n) is 11.0. The van der Waals surface area contributed by atoms with Crippen LogP contribution in [0.5, 0.6) is 0 Å². The first-order chi connectivity index (χ1) is 14.1. The van der Waals surface area contributed by atoms with Gasteiger partial charge in [0.25, 0.3) is 0 Å². The molecule has 0 saturated heterocycles. The molecule has 3 rings (SSSR count). The van der Waals surface area contributed by atoms with Crippen molar-refractivity contribution in [2.75, 3.05) is 0 Å². The van der Waals surface area contributed by atoms with Crippen LogP contribution in [0.3, 0.4) is 0 Å². The molecule has 30 heavy (non-hydrogen) atoms. The molecule has 0 aliphatic heterocycles. The summed E-state index contributed by atoms with van der Waals surface area (Å²) in [7, 11) is 0. The molecule has 0 bridgehead atoms. The second-order valence-corrected chi connectivity index (χ2v) is 10.1. The standard InChI is InChI=1S/C26H34BrN3/c1-16(2)20-11-9-12-21(17(3)4)25(20)29-15-24(27)30(28-29)26-22(18(5)6)13-10-14-23(26)19(7)8/h9-14,16-19H,1-8H3. The van der Waals surface area contributed by atoms with Crippen molar-refractivity contribution < 1.29 is 4.68 Å². The number of para-hydroxylation sites is 2. The minimum Gasteiger partial charge on any atom is -0.262 e. The van der Waals surface area contributed by atoms with E-state index < -0.39 is 0 Å². The highest BCUT2D eigenvalue weighted by Gasteiger charge is 2.24. The number of hydrogen-bond donors (Lipinski definition) is 0. The maximum absolute atomic E-state index is 5.05. The lowest BCUT2D eigenvalue weighted by atomic mass is 9.93. The molecule has 1 heterocycles. The van der Waals surface area contributed by atoms with Gasteiger partial charge < -0.3 is 0 Å². The highest BCUT2D eigenvalue weighted by molar-refractivity contribution is 9.10. The second-order valence-electron chi connectivity index (χ2n) is 9.30. The van der Waals surface area contributed by atoms with Gasteiger partial charge in [0.2, 0.25) is 0 Å². The average Bonchev–Trinajstić information content (AvgIpc) is 3.07. The highest BCUT2D eigenvalue weighted by atomic mass is 79.9. The van der Waals surface area contributed by atoms with Crippen LogP contribution < -0.4 is 4.68 Å². The quantitative estimate of drug-likeness (QED) is 0.277. The van der Waals surface area contributed by atoms with Gasteiger partial charge in [-0.15, -0.1) is 4.68 Å². The molecule has 0 saturated carbocycles. The first-order valence-corrected chi connectivity index (χ1v) is 11.8. The summed E-state index contributed by atoms with van der Waals surface area (Å²) in [4.78, 5) is 0. The van der Waals surface area contributed by atoms with Crippen molar-refractivity contribution in [1.82, 2.24) is 9.90 Å². The van der Waals surface area contributed by atoms with E-state index in [0.29, 0.717) is 23.7 Å². The average molecular weight is 468 g/mol. The minimum absolute atomic E-state index is 0.400. The molecule has 0 fully saturated rings. The smallest absolute Gasteiger partial charge is 0.161 e. The van der Waals surface area contributed by atoms with Crippen LogP contribution in [0, 0.1) is 6.20 Å². The van der Waals surface area contributed by atoms with E-state index in [1.54, 1.807) is 0 Å². The molecular weight excluding hydrogens is 434 g/mol. The summed E-state index contributed by atoms with van der Waals surface area (Å²) < 4.78 is 4.80. The maximum Gasteiger partial charge on any atom is 0.161 e. The molecule has 2 aromatic carbocycles. The Balaban J connectivity index is 2.30. The molecule has 0 radical (unpaired) electrons. The summed E-state index contributed by atoms with van der Waals surface area (Å²) >= 11 is 3.77. The van der Waals surface area contributed by atoms with Gasteiger partial charge in [-0.2, -0.15) is 0 Å². The lowest BCUT2D eigenvalue weighted by molar-refractivity contribution is -0.666. The van der Waals surface area contributed by atoms with E-state index >= 15 is 0 Å². The van der Waals surface area contributed by atoms with Gasteiger partial charge in [0.15, 0.2) is 10.3 Å². The van der Waals surface area contributed by atoms with E-state index in [1.807, 2.05) is 9.36 Å². The topological polar surface area (TPSA) is 21.7 Å². The minimum atomic E-state index is 0.400. The number of nitrogens with zero attached hydrogens (tertiary/aromatic N) is 3. The van der Waals surface area contributed by atoms with Crippen LogP contribution in [0.25, 0.3) is 11.4 Å². The fraction of sp³-hybridized carbons (Fsp3) is 0.462. The molecule has 0 amide bonds. The van der Waals surface area contributed by atoms with Gasteiger partial charge in [0, 0.05) is 23.0 Å². The summed E-state index contributed by atoms with van der Waals surface area (Å²) in [6, 6.07) is 13.2. The lowest BCUT2D eigenvalue weighted by Gasteiger charge is -2.22. The zero-order chi connectivity index (χ0) is 22.2. The van der Waals surface area contributed by atoms with Crippen molar-refractivity contribution in [3.63, 3.8) is 0 Å². The maximum atomic E-state index is 5.05. The van der Waals surface area contributed by atoms with Crippen molar-refractivity contribution in [2.45, 2.75) is 79.1 Å². The molecule has 4 heteroatoms. The van der Waals surface area contributed by atoms with Crippen LogP contribution in [0.1, 0.15) is 101 Å². The van der Waals surface area contributed by atoms with Crippen LogP contribution in [-0.4, -0.2) is 9.90 Å². The van der Waals surface area contributed by atoms with Crippen molar-refractivity contribution in [3.8, 4) is 11.4 Å². The fourth-order valence-corrected chi connectivity index (χ4v) is 4.46. The van der Waals surface area contributed by atoms with Crippen LogP contribution >= 0.6 is 15.9 Å². The van der Waals surface area contributed by atoms with Crippen molar-refractivity contribution >= 4 is 15.9 Å². The van der Waals surface area contributed by atoms with Gasteiger partial charge in [0.1, 0.15) is 0 Å². The Bertz CT molecular complexity index is 976. The van der Waals surface area contributed by atoms with E-state index in [1.165, 1.54) is 22.3 Å². The number of aromatic nitrogens is 3. The van der Waals surface area contributed by atoms with Crippen molar-refractivity contribution in [3.05, 3.63) is 69.5 Å². The molecule has 0 unspecified atom stereocenters. The fourth-order valence-electron chi connectivity index (χ4n) is 4.04. The Morgan fingerprint density at radius 3 is 1.53 bits per heavy atom. The lowest BCUT2D eigenvalue weighted by Crippen LogP contribution is -2.37. The van der Waals surface area contributed by atoms with E-state index in [4.69, 9.17) is 5.21 Å². The first kappa shape index (κ1) is 22.7. The molecule has 1 aromatic heterocycles. The third-order valence-corrected chi connectivity index (χ3v) is 6.18. The van der Waals surface area contributed by atoms with Crippen molar-refractivity contribution in [1.29, 1.82) is 0 Å². The summed E-state index contributed by atoms with van der Waals surface area (Å²) in [6.07, 6.45) is 3.47. The SMILES string of the molecule is CC(C)c1cccc(C(C)C)c1-n1n[n+](-c2c(C(C)C)cccc2C(C)C)[c-]c1Br. The van der Waals surface area contributed by atoms with Gasteiger partial charge >= 0.3 is 0 Å². The zero-order valence-corrected chi connectivity index (χ0v) is 21.1. The number of halogens is 1. The number of benzene rings is 2. The third kappa shape index (κ3) is 4.25. The third-order valence-electron chi connectivity index (χ3n) is 5.67. The molecule has 0 aliphatic rings. The van der Waals surface area contributed by atoms with Crippen molar-refractivity contribution in [2.24, 2.45) is 0 Å². The zero-order valence-electron chi connectivity index (χ0n) is 19.5. The number of rotatable bonds is 6. The Labute approximate surface area is 190 Å². The second kappa shape index (κ2) is 9.05. The molecule has 0 spiro atoms. The molecular formula is C26H34BrN3. The summed E-state index contributed by atoms with van der Waals surface area (Å²) in [6.45, 7) is 17.9. The largest absolute Gasteiger partial charge is 0.262 e. The van der Waals surface area contributed by atoms with Gasteiger partial charge in [-0.3, -0.25) is 4.68 Å². The Hall–Kier alpha value is -1.94. The molecule has 0 atom stereocenters. The van der Waals surface area contributed by atoms with Crippen LogP contribution in [0.15, 0.2) is 41.0 Å². The Morgan fingerprint density at radius 1 is 0.733 bits per heavy atom. The van der Waals surface area contributed by atoms with E-state index in [0.717, 1.165) is 16.0 Å². The van der Waals surface area contributed by atoms with Gasteiger partial charge in [-0.1, -0.05) is 103 Å². The monoisotopic (exact) mass is 467 g/mol. The highest BCUT2D eigenvalue weighted by Crippen LogP contribution is 2.33. The van der Waals surface area contributed by atoms with E-state index in [-0.39, 0.29) is 0 Å². The van der Waals surface area contributed by atoms with Gasteiger partial charge in [0.05, 0.1) is 5.21 Å². The van der Waals surface area contributed by atoms with Crippen LogP contribution in [0.2, 0.25) is 0 Å². The predicted octanol–water partition coefficient (Wildman–Crippen LogP) is 7.21. The molecule has 160 valence electrons. The predicted molar refractivity (Wildman–Crippen MR) is 128 cm³/mol. The molecule has 0 N–H and O–H groups in total. The van der Waals surface area contributed by atoms with E-state index in [2.05, 4.69) is 114 Å². The molecule has 3 aromatic rings. The van der Waals surface area contributed by atoms with E-state index in [9.17, 15) is 0 Å². The summed E-state index contributed by atoms with van der Waals surface area (Å²) in [5.74, 6) is 1.60. The van der Waals surface area contributed by atoms with Crippen LogP contribution in [-0.2, 0) is 0 Å². The number of hydrogen-bond acceptors (Lipinski definition) is 1. The molecule has 0 aliphatic carbocycles. The normalized spacial score (nSPS) is 12.0. The van der Waals surface area contributed by atoms with Crippen LogP contribution in [0.4, 0.5) is 0 Å². The summed E-state index contributed by atoms with van der Waals surface area (Å²) in [5.41, 5.74) is 7.49. The van der Waals surface area contributed by atoms with Gasteiger partial charge in [-0.25, -0.2) is 0 Å². The Morgan fingerprint density at radius 2 is 1.13 bits per heavy atom. The Kier molecular flexibility index (Phi) is 6.86. The summed E-state index contributed by atoms with van der Waals surface area (Å²) in [5, 5.41) is 5.05. The molecule has 3 nitrogen and oxygen atoms in total. The van der Waals surface area contributed by atoms with Gasteiger partial charge in [-0.05, 0) is 39.6 Å².